The number of nitrogens with one attached hydrogen (secondary N) is 1. The quantitative estimate of drug-likeness (QED) is 0.641. The maximum Gasteiger partial charge on any atom is 0.262 e. The van der Waals surface area contributed by atoms with Crippen LogP contribution in [0.4, 0.5) is 0 Å². The van der Waals surface area contributed by atoms with Crippen molar-refractivity contribution in [2.75, 3.05) is 7.11 Å². The van der Waals surface area contributed by atoms with Gasteiger partial charge in [-0.05, 0) is 41.5 Å². The van der Waals surface area contributed by atoms with Crippen molar-refractivity contribution in [3.05, 3.63) is 69.2 Å². The van der Waals surface area contributed by atoms with Crippen LogP contribution in [0.2, 0.25) is 10.0 Å². The highest BCUT2D eigenvalue weighted by atomic mass is 35.5. The number of benzene rings is 2. The Morgan fingerprint density at radius 2 is 2.04 bits per heavy atom. The maximum absolute atomic E-state index is 12.2. The summed E-state index contributed by atoms with van der Waals surface area (Å²) in [6.07, 6.45) is 1.46. The molecule has 0 radical (unpaired) electrons. The van der Waals surface area contributed by atoms with Gasteiger partial charge in [-0.15, -0.1) is 0 Å². The lowest BCUT2D eigenvalue weighted by atomic mass is 10.1. The number of halogens is 2. The topological polar surface area (TPSA) is 62.1 Å². The molecule has 2 aromatic carbocycles. The van der Waals surface area contributed by atoms with Gasteiger partial charge in [-0.25, -0.2) is 0 Å². The van der Waals surface area contributed by atoms with E-state index in [2.05, 4.69) is 5.32 Å². The second-order valence-electron chi connectivity index (χ2n) is 4.88. The van der Waals surface area contributed by atoms with Gasteiger partial charge >= 0.3 is 0 Å². The fourth-order valence-electron chi connectivity index (χ4n) is 1.98. The number of carbonyl (C=O) groups is 1. The van der Waals surface area contributed by atoms with E-state index in [1.54, 1.807) is 25.3 Å². The number of rotatable bonds is 5. The molecule has 2 aromatic rings. The Hall–Kier alpha value is -2.48. The van der Waals surface area contributed by atoms with E-state index in [9.17, 15) is 10.1 Å². The molecule has 0 saturated carbocycles. The molecule has 0 aliphatic heterocycles. The first-order valence-corrected chi connectivity index (χ1v) is 7.77. The SMILES string of the molecule is COc1cccc(CNC(=O)C(C#N)=Cc2ccc(Cl)c(Cl)c2)c1. The average molecular weight is 361 g/mol. The maximum atomic E-state index is 12.2. The number of hydrogen-bond donors (Lipinski definition) is 1. The number of carbonyl (C=O) groups excluding carboxylic acids is 1. The summed E-state index contributed by atoms with van der Waals surface area (Å²) < 4.78 is 5.13. The Kier molecular flexibility index (Phi) is 6.25. The Labute approximate surface area is 150 Å². The summed E-state index contributed by atoms with van der Waals surface area (Å²) in [6.45, 7) is 0.288. The lowest BCUT2D eigenvalue weighted by molar-refractivity contribution is -0.117. The highest BCUT2D eigenvalue weighted by molar-refractivity contribution is 6.42. The normalized spacial score (nSPS) is 10.8. The fourth-order valence-corrected chi connectivity index (χ4v) is 2.28. The predicted molar refractivity (Wildman–Crippen MR) is 94.9 cm³/mol. The number of amides is 1. The third kappa shape index (κ3) is 4.76. The van der Waals surface area contributed by atoms with Gasteiger partial charge in [0.2, 0.25) is 0 Å². The van der Waals surface area contributed by atoms with Crippen LogP contribution in [0, 0.1) is 11.3 Å². The monoisotopic (exact) mass is 360 g/mol. The molecule has 1 N–H and O–H groups in total. The molecular formula is C18H14Cl2N2O2. The van der Waals surface area contributed by atoms with E-state index in [4.69, 9.17) is 27.9 Å². The van der Waals surface area contributed by atoms with Crippen LogP contribution >= 0.6 is 23.2 Å². The Morgan fingerprint density at radius 3 is 2.71 bits per heavy atom. The van der Waals surface area contributed by atoms with Crippen molar-refractivity contribution < 1.29 is 9.53 Å². The van der Waals surface area contributed by atoms with Crippen molar-refractivity contribution in [1.82, 2.24) is 5.32 Å². The molecule has 122 valence electrons. The molecule has 0 heterocycles. The molecule has 4 nitrogen and oxygen atoms in total. The van der Waals surface area contributed by atoms with Crippen LogP contribution in [0.15, 0.2) is 48.0 Å². The molecule has 0 atom stereocenters. The van der Waals surface area contributed by atoms with Gasteiger partial charge in [0.15, 0.2) is 0 Å². The minimum absolute atomic E-state index is 0.0173. The number of ether oxygens (including phenoxy) is 1. The summed E-state index contributed by atoms with van der Waals surface area (Å²) >= 11 is 11.8. The highest BCUT2D eigenvalue weighted by Gasteiger charge is 2.09. The van der Waals surface area contributed by atoms with Crippen LogP contribution in [0.1, 0.15) is 11.1 Å². The van der Waals surface area contributed by atoms with E-state index in [1.165, 1.54) is 6.08 Å². The largest absolute Gasteiger partial charge is 0.497 e. The molecule has 0 fully saturated rings. The number of nitriles is 1. The van der Waals surface area contributed by atoms with Crippen molar-refractivity contribution in [2.45, 2.75) is 6.54 Å². The molecule has 24 heavy (non-hydrogen) atoms. The second kappa shape index (κ2) is 8.39. The fraction of sp³-hybridized carbons (Fsp3) is 0.111. The number of nitrogens with zero attached hydrogens (tertiary/aromatic N) is 1. The van der Waals surface area contributed by atoms with Crippen molar-refractivity contribution >= 4 is 35.2 Å². The molecule has 0 bridgehead atoms. The van der Waals surface area contributed by atoms with Crippen molar-refractivity contribution in [1.29, 1.82) is 5.26 Å². The van der Waals surface area contributed by atoms with Gasteiger partial charge in [-0.1, -0.05) is 41.4 Å². The van der Waals surface area contributed by atoms with E-state index >= 15 is 0 Å². The van der Waals surface area contributed by atoms with Crippen molar-refractivity contribution in [2.24, 2.45) is 0 Å². The molecule has 0 spiro atoms. The summed E-state index contributed by atoms with van der Waals surface area (Å²) in [5, 5.41) is 12.7. The molecule has 0 aromatic heterocycles. The molecule has 2 rings (SSSR count). The number of hydrogen-bond acceptors (Lipinski definition) is 3. The highest BCUT2D eigenvalue weighted by Crippen LogP contribution is 2.23. The van der Waals surface area contributed by atoms with Gasteiger partial charge in [0, 0.05) is 6.54 Å². The molecule has 1 amide bonds. The first-order valence-electron chi connectivity index (χ1n) is 7.01. The van der Waals surface area contributed by atoms with Crippen LogP contribution in [0.25, 0.3) is 6.08 Å². The summed E-state index contributed by atoms with van der Waals surface area (Å²) in [7, 11) is 1.57. The summed E-state index contributed by atoms with van der Waals surface area (Å²) in [5.74, 6) is 0.236. The summed E-state index contributed by atoms with van der Waals surface area (Å²) in [5.41, 5.74) is 1.48. The van der Waals surface area contributed by atoms with Gasteiger partial charge in [0.25, 0.3) is 5.91 Å². The van der Waals surface area contributed by atoms with E-state index in [1.807, 2.05) is 30.3 Å². The lowest BCUT2D eigenvalue weighted by Crippen LogP contribution is -2.23. The third-order valence-electron chi connectivity index (χ3n) is 3.21. The van der Waals surface area contributed by atoms with Crippen LogP contribution in [0.5, 0.6) is 5.75 Å². The van der Waals surface area contributed by atoms with Gasteiger partial charge < -0.3 is 10.1 Å². The van der Waals surface area contributed by atoms with Gasteiger partial charge in [-0.2, -0.15) is 5.26 Å². The summed E-state index contributed by atoms with van der Waals surface area (Å²) in [6, 6.07) is 14.1. The molecule has 0 aliphatic rings. The third-order valence-corrected chi connectivity index (χ3v) is 3.95. The van der Waals surface area contributed by atoms with Crippen LogP contribution < -0.4 is 10.1 Å². The standard InChI is InChI=1S/C18H14Cl2N2O2/c1-24-15-4-2-3-13(8-15)11-22-18(23)14(10-21)7-12-5-6-16(19)17(20)9-12/h2-9H,11H2,1H3,(H,22,23). The van der Waals surface area contributed by atoms with Gasteiger partial charge in [0.1, 0.15) is 17.4 Å². The van der Waals surface area contributed by atoms with E-state index in [-0.39, 0.29) is 12.1 Å². The van der Waals surface area contributed by atoms with Crippen LogP contribution in [0.3, 0.4) is 0 Å². The van der Waals surface area contributed by atoms with Crippen LogP contribution in [-0.4, -0.2) is 13.0 Å². The van der Waals surface area contributed by atoms with E-state index in [0.717, 1.165) is 5.56 Å². The Morgan fingerprint density at radius 1 is 1.25 bits per heavy atom. The first-order chi connectivity index (χ1) is 11.5. The van der Waals surface area contributed by atoms with Gasteiger partial charge in [-0.3, -0.25) is 4.79 Å². The molecular weight excluding hydrogens is 347 g/mol. The molecule has 6 heteroatoms. The van der Waals surface area contributed by atoms with Crippen molar-refractivity contribution in [3.63, 3.8) is 0 Å². The molecule has 0 saturated heterocycles. The molecule has 0 aliphatic carbocycles. The minimum Gasteiger partial charge on any atom is -0.497 e. The zero-order chi connectivity index (χ0) is 17.5. The predicted octanol–water partition coefficient (Wildman–Crippen LogP) is 4.23. The Balaban J connectivity index is 2.09. The Bertz CT molecular complexity index is 826. The second-order valence-corrected chi connectivity index (χ2v) is 5.69. The van der Waals surface area contributed by atoms with Crippen molar-refractivity contribution in [3.8, 4) is 11.8 Å². The average Bonchev–Trinajstić information content (AvgIpc) is 2.60. The van der Waals surface area contributed by atoms with Crippen LogP contribution in [-0.2, 0) is 11.3 Å². The molecule has 0 unspecified atom stereocenters. The number of methoxy groups -OCH3 is 1. The van der Waals surface area contributed by atoms with E-state index in [0.29, 0.717) is 21.4 Å². The zero-order valence-electron chi connectivity index (χ0n) is 12.8. The van der Waals surface area contributed by atoms with Gasteiger partial charge in [0.05, 0.1) is 17.2 Å². The van der Waals surface area contributed by atoms with E-state index < -0.39 is 5.91 Å². The zero-order valence-corrected chi connectivity index (χ0v) is 14.4. The minimum atomic E-state index is -0.466. The first kappa shape index (κ1) is 17.9. The lowest BCUT2D eigenvalue weighted by Gasteiger charge is -2.06. The summed E-state index contributed by atoms with van der Waals surface area (Å²) in [4.78, 5) is 12.2. The smallest absolute Gasteiger partial charge is 0.262 e.